The van der Waals surface area contributed by atoms with Gasteiger partial charge in [-0.1, -0.05) is 0 Å². The van der Waals surface area contributed by atoms with Crippen LogP contribution in [-0.2, 0) is 19.0 Å². The molecule has 2 aliphatic rings. The van der Waals surface area contributed by atoms with Gasteiger partial charge < -0.3 is 19.3 Å². The van der Waals surface area contributed by atoms with E-state index in [4.69, 9.17) is 9.47 Å². The van der Waals surface area contributed by atoms with Crippen LogP contribution in [0.3, 0.4) is 0 Å². The van der Waals surface area contributed by atoms with Gasteiger partial charge in [-0.15, -0.1) is 0 Å². The lowest BCUT2D eigenvalue weighted by Gasteiger charge is -2.23. The van der Waals surface area contributed by atoms with E-state index in [1.807, 2.05) is 6.92 Å². The Hall–Kier alpha value is -0.650. The van der Waals surface area contributed by atoms with E-state index in [2.05, 4.69) is 4.74 Å². The fraction of sp³-hybridized carbons (Fsp3) is 0.909. The molecular formula is C11H18O5. The van der Waals surface area contributed by atoms with Crippen LogP contribution in [0, 0.1) is 0 Å². The van der Waals surface area contributed by atoms with Crippen molar-refractivity contribution >= 4 is 5.97 Å². The maximum Gasteiger partial charge on any atom is 0.308 e. The van der Waals surface area contributed by atoms with Gasteiger partial charge in [-0.05, 0) is 13.3 Å². The van der Waals surface area contributed by atoms with Gasteiger partial charge in [-0.25, -0.2) is 0 Å². The quantitative estimate of drug-likeness (QED) is 0.703. The van der Waals surface area contributed by atoms with Gasteiger partial charge in [-0.3, -0.25) is 4.79 Å². The third kappa shape index (κ3) is 2.21. The van der Waals surface area contributed by atoms with E-state index < -0.39 is 18.0 Å². The van der Waals surface area contributed by atoms with E-state index in [-0.39, 0.29) is 18.5 Å². The molecule has 5 heteroatoms. The summed E-state index contributed by atoms with van der Waals surface area (Å²) in [7, 11) is 1.33. The lowest BCUT2D eigenvalue weighted by Crippen LogP contribution is -2.29. The summed E-state index contributed by atoms with van der Waals surface area (Å²) in [6.45, 7) is 1.98. The molecule has 2 rings (SSSR count). The van der Waals surface area contributed by atoms with Crippen molar-refractivity contribution in [2.24, 2.45) is 0 Å². The Morgan fingerprint density at radius 1 is 1.56 bits per heavy atom. The van der Waals surface area contributed by atoms with Gasteiger partial charge in [-0.2, -0.15) is 0 Å². The number of hydrogen-bond donors (Lipinski definition) is 1. The monoisotopic (exact) mass is 230 g/mol. The molecule has 1 unspecified atom stereocenters. The van der Waals surface area contributed by atoms with Crippen molar-refractivity contribution in [2.45, 2.75) is 56.7 Å². The highest BCUT2D eigenvalue weighted by molar-refractivity contribution is 5.69. The molecule has 1 N–H and O–H groups in total. The van der Waals surface area contributed by atoms with Gasteiger partial charge in [0.2, 0.25) is 0 Å². The number of ether oxygens (including phenoxy) is 3. The summed E-state index contributed by atoms with van der Waals surface area (Å²) in [6.07, 6.45) is 1.24. The minimum atomic E-state index is -0.669. The Balaban J connectivity index is 1.96. The first-order valence-corrected chi connectivity index (χ1v) is 5.65. The van der Waals surface area contributed by atoms with Crippen LogP contribution in [0.1, 0.15) is 32.6 Å². The van der Waals surface area contributed by atoms with Gasteiger partial charge in [0.1, 0.15) is 0 Å². The van der Waals surface area contributed by atoms with Crippen LogP contribution >= 0.6 is 0 Å². The molecule has 92 valence electrons. The number of methoxy groups -OCH3 is 1. The van der Waals surface area contributed by atoms with Crippen molar-refractivity contribution in [1.82, 2.24) is 0 Å². The molecule has 0 amide bonds. The predicted molar refractivity (Wildman–Crippen MR) is 54.6 cm³/mol. The van der Waals surface area contributed by atoms with E-state index in [1.54, 1.807) is 0 Å². The van der Waals surface area contributed by atoms with Crippen LogP contribution in [-0.4, -0.2) is 42.3 Å². The second kappa shape index (κ2) is 4.31. The fourth-order valence-corrected chi connectivity index (χ4v) is 2.42. The van der Waals surface area contributed by atoms with Crippen LogP contribution in [0.2, 0.25) is 0 Å². The molecule has 0 bridgehead atoms. The first-order valence-electron chi connectivity index (χ1n) is 5.65. The molecule has 2 fully saturated rings. The fourth-order valence-electron chi connectivity index (χ4n) is 2.42. The molecule has 4 atom stereocenters. The van der Waals surface area contributed by atoms with Gasteiger partial charge in [0, 0.05) is 12.8 Å². The summed E-state index contributed by atoms with van der Waals surface area (Å²) in [6, 6.07) is 0. The maximum absolute atomic E-state index is 11.1. The lowest BCUT2D eigenvalue weighted by molar-refractivity contribution is -0.215. The standard InChI is InChI=1S/C11H18O5/c1-7-3-4-11(15-7)6-8(12)9(16-11)5-10(13)14-2/h7-9,12H,3-6H2,1-2H3/t7-,8+,9+,11?/m1/s1. The highest BCUT2D eigenvalue weighted by Crippen LogP contribution is 2.42. The van der Waals surface area contributed by atoms with Crippen LogP contribution in [0.4, 0.5) is 0 Å². The van der Waals surface area contributed by atoms with Crippen molar-refractivity contribution < 1.29 is 24.1 Å². The van der Waals surface area contributed by atoms with Crippen molar-refractivity contribution in [3.8, 4) is 0 Å². The number of aliphatic hydroxyl groups is 1. The van der Waals surface area contributed by atoms with E-state index in [9.17, 15) is 9.90 Å². The number of esters is 1. The summed E-state index contributed by atoms with van der Waals surface area (Å²) in [5, 5.41) is 9.83. The molecule has 2 saturated heterocycles. The number of aliphatic hydroxyl groups excluding tert-OH is 1. The molecule has 2 heterocycles. The van der Waals surface area contributed by atoms with E-state index in [0.29, 0.717) is 6.42 Å². The molecular weight excluding hydrogens is 212 g/mol. The molecule has 0 aromatic rings. The molecule has 16 heavy (non-hydrogen) atoms. The van der Waals surface area contributed by atoms with Crippen molar-refractivity contribution in [3.63, 3.8) is 0 Å². The molecule has 0 radical (unpaired) electrons. The highest BCUT2D eigenvalue weighted by Gasteiger charge is 2.50. The minimum Gasteiger partial charge on any atom is -0.469 e. The Morgan fingerprint density at radius 3 is 2.88 bits per heavy atom. The van der Waals surface area contributed by atoms with Crippen LogP contribution in [0.15, 0.2) is 0 Å². The predicted octanol–water partition coefficient (Wildman–Crippen LogP) is 0.594. The summed E-state index contributed by atoms with van der Waals surface area (Å²) < 4.78 is 15.9. The van der Waals surface area contributed by atoms with Crippen molar-refractivity contribution in [1.29, 1.82) is 0 Å². The van der Waals surface area contributed by atoms with Crippen molar-refractivity contribution in [2.75, 3.05) is 7.11 Å². The topological polar surface area (TPSA) is 65.0 Å². The van der Waals surface area contributed by atoms with Gasteiger partial charge in [0.05, 0.1) is 31.8 Å². The molecule has 0 aromatic carbocycles. The van der Waals surface area contributed by atoms with Gasteiger partial charge in [0.25, 0.3) is 0 Å². The van der Waals surface area contributed by atoms with Gasteiger partial charge >= 0.3 is 5.97 Å². The number of hydrogen-bond acceptors (Lipinski definition) is 5. The second-order valence-corrected chi connectivity index (χ2v) is 4.59. The zero-order valence-electron chi connectivity index (χ0n) is 9.64. The first-order chi connectivity index (χ1) is 7.54. The molecule has 2 aliphatic heterocycles. The molecule has 1 spiro atoms. The van der Waals surface area contributed by atoms with E-state index in [1.165, 1.54) is 7.11 Å². The average molecular weight is 230 g/mol. The molecule has 5 nitrogen and oxygen atoms in total. The molecule has 0 saturated carbocycles. The molecule has 0 aromatic heterocycles. The third-order valence-electron chi connectivity index (χ3n) is 3.26. The van der Waals surface area contributed by atoms with E-state index in [0.717, 1.165) is 12.8 Å². The Labute approximate surface area is 94.7 Å². The van der Waals surface area contributed by atoms with Crippen LogP contribution < -0.4 is 0 Å². The number of rotatable bonds is 2. The van der Waals surface area contributed by atoms with Crippen LogP contribution in [0.25, 0.3) is 0 Å². The first kappa shape index (κ1) is 11.8. The Bertz CT molecular complexity index is 280. The minimum absolute atomic E-state index is 0.0805. The maximum atomic E-state index is 11.1. The number of carbonyl (C=O) groups is 1. The summed E-state index contributed by atoms with van der Waals surface area (Å²) in [4.78, 5) is 11.1. The zero-order valence-corrected chi connectivity index (χ0v) is 9.64. The Kier molecular flexibility index (Phi) is 3.19. The van der Waals surface area contributed by atoms with E-state index >= 15 is 0 Å². The van der Waals surface area contributed by atoms with Crippen molar-refractivity contribution in [3.05, 3.63) is 0 Å². The second-order valence-electron chi connectivity index (χ2n) is 4.59. The van der Waals surface area contributed by atoms with Crippen LogP contribution in [0.5, 0.6) is 0 Å². The normalized spacial score (nSPS) is 42.8. The summed E-state index contributed by atoms with van der Waals surface area (Å²) in [5.41, 5.74) is 0. The number of carbonyl (C=O) groups excluding carboxylic acids is 1. The summed E-state index contributed by atoms with van der Waals surface area (Å²) in [5.74, 6) is -1.04. The van der Waals surface area contributed by atoms with Gasteiger partial charge in [0.15, 0.2) is 5.79 Å². The highest BCUT2D eigenvalue weighted by atomic mass is 16.7. The SMILES string of the molecule is COC(=O)C[C@@H]1OC2(CC[C@@H](C)O2)C[C@@H]1O. The zero-order chi connectivity index (χ0) is 11.8. The lowest BCUT2D eigenvalue weighted by atomic mass is 10.0. The summed E-state index contributed by atoms with van der Waals surface area (Å²) >= 11 is 0. The average Bonchev–Trinajstić information content (AvgIpc) is 2.72. The largest absolute Gasteiger partial charge is 0.469 e. The third-order valence-corrected chi connectivity index (χ3v) is 3.26. The smallest absolute Gasteiger partial charge is 0.308 e. The Morgan fingerprint density at radius 2 is 2.31 bits per heavy atom. The molecule has 0 aliphatic carbocycles.